The van der Waals surface area contributed by atoms with Crippen LogP contribution in [0.2, 0.25) is 0 Å². The van der Waals surface area contributed by atoms with E-state index < -0.39 is 0 Å². The summed E-state index contributed by atoms with van der Waals surface area (Å²) in [6.07, 6.45) is 6.15. The van der Waals surface area contributed by atoms with Crippen molar-refractivity contribution in [1.29, 1.82) is 0 Å². The summed E-state index contributed by atoms with van der Waals surface area (Å²) in [5.74, 6) is 1.14. The van der Waals surface area contributed by atoms with Gasteiger partial charge in [0.05, 0.1) is 7.11 Å². The van der Waals surface area contributed by atoms with E-state index in [9.17, 15) is 4.79 Å². The van der Waals surface area contributed by atoms with Gasteiger partial charge < -0.3 is 9.47 Å². The molecule has 0 bridgehead atoms. The van der Waals surface area contributed by atoms with Crippen molar-refractivity contribution in [2.75, 3.05) is 7.11 Å². The number of hydrogen-bond acceptors (Lipinski definition) is 3. The second kappa shape index (κ2) is 10.4. The van der Waals surface area contributed by atoms with Crippen molar-refractivity contribution in [3.8, 4) is 33.8 Å². The molecule has 0 heterocycles. The van der Waals surface area contributed by atoms with Crippen molar-refractivity contribution in [3.05, 3.63) is 108 Å². The van der Waals surface area contributed by atoms with Gasteiger partial charge in [0.25, 0.3) is 0 Å². The highest BCUT2D eigenvalue weighted by Gasteiger charge is 2.35. The van der Waals surface area contributed by atoms with E-state index in [1.165, 1.54) is 61.3 Å². The molecule has 3 heteroatoms. The zero-order chi connectivity index (χ0) is 25.0. The van der Waals surface area contributed by atoms with Gasteiger partial charge in [-0.2, -0.15) is 0 Å². The van der Waals surface area contributed by atoms with Gasteiger partial charge >= 0.3 is 5.97 Å². The highest BCUT2D eigenvalue weighted by Crippen LogP contribution is 2.45. The first-order valence-electron chi connectivity index (χ1n) is 12.7. The molecule has 0 saturated heterocycles. The summed E-state index contributed by atoms with van der Waals surface area (Å²) in [4.78, 5) is 11.2. The summed E-state index contributed by atoms with van der Waals surface area (Å²) in [6, 6.07) is 34.2. The Balaban J connectivity index is 1.42. The van der Waals surface area contributed by atoms with Crippen LogP contribution in [-0.2, 0) is 10.2 Å². The topological polar surface area (TPSA) is 35.5 Å². The first-order valence-corrected chi connectivity index (χ1v) is 12.7. The minimum Gasteiger partial charge on any atom is -0.497 e. The standard InChI is InChI=1S/C33H32O3/c1-24(34)36-32-20-12-28(13-21-32)26-8-16-30(17-9-26)33(22-4-3-5-23-33)29-14-6-25(7-15-29)27-10-18-31(35-2)19-11-27/h6-21H,3-5,22-23H2,1-2H3. The third-order valence-electron chi connectivity index (χ3n) is 7.45. The highest BCUT2D eigenvalue weighted by molar-refractivity contribution is 5.70. The average Bonchev–Trinajstić information content (AvgIpc) is 2.94. The van der Waals surface area contributed by atoms with Crippen LogP contribution in [0, 0.1) is 0 Å². The van der Waals surface area contributed by atoms with E-state index in [4.69, 9.17) is 9.47 Å². The van der Waals surface area contributed by atoms with Crippen LogP contribution in [0.3, 0.4) is 0 Å². The summed E-state index contributed by atoms with van der Waals surface area (Å²) in [6.45, 7) is 1.42. The fourth-order valence-electron chi connectivity index (χ4n) is 5.53. The van der Waals surface area contributed by atoms with Crippen LogP contribution in [0.1, 0.15) is 50.2 Å². The summed E-state index contributed by atoms with van der Waals surface area (Å²) < 4.78 is 10.5. The fourth-order valence-corrected chi connectivity index (χ4v) is 5.53. The number of benzene rings is 4. The Kier molecular flexibility index (Phi) is 6.90. The Bertz CT molecular complexity index is 1300. The first-order chi connectivity index (χ1) is 17.6. The maximum atomic E-state index is 11.2. The second-order valence-corrected chi connectivity index (χ2v) is 9.64. The van der Waals surface area contributed by atoms with Gasteiger partial charge in [0, 0.05) is 12.3 Å². The molecule has 0 aromatic heterocycles. The van der Waals surface area contributed by atoms with Gasteiger partial charge in [-0.15, -0.1) is 0 Å². The van der Waals surface area contributed by atoms with E-state index in [-0.39, 0.29) is 11.4 Å². The lowest BCUT2D eigenvalue weighted by molar-refractivity contribution is -0.131. The van der Waals surface area contributed by atoms with Crippen molar-refractivity contribution in [1.82, 2.24) is 0 Å². The second-order valence-electron chi connectivity index (χ2n) is 9.64. The molecule has 4 aromatic carbocycles. The van der Waals surface area contributed by atoms with Gasteiger partial charge in [0.2, 0.25) is 0 Å². The maximum Gasteiger partial charge on any atom is 0.308 e. The average molecular weight is 477 g/mol. The molecule has 1 saturated carbocycles. The third kappa shape index (κ3) is 4.92. The number of methoxy groups -OCH3 is 1. The van der Waals surface area contributed by atoms with Crippen LogP contribution in [0.25, 0.3) is 22.3 Å². The summed E-state index contributed by atoms with van der Waals surface area (Å²) in [7, 11) is 1.70. The lowest BCUT2D eigenvalue weighted by Crippen LogP contribution is -2.30. The predicted molar refractivity (Wildman–Crippen MR) is 145 cm³/mol. The Morgan fingerprint density at radius 3 is 1.36 bits per heavy atom. The van der Waals surface area contributed by atoms with Crippen molar-refractivity contribution >= 4 is 5.97 Å². The Morgan fingerprint density at radius 1 is 0.583 bits per heavy atom. The van der Waals surface area contributed by atoms with Gasteiger partial charge in [-0.25, -0.2) is 0 Å². The zero-order valence-electron chi connectivity index (χ0n) is 21.0. The summed E-state index contributed by atoms with van der Waals surface area (Å²) >= 11 is 0. The molecular weight excluding hydrogens is 444 g/mol. The molecule has 0 radical (unpaired) electrons. The molecule has 0 amide bonds. The van der Waals surface area contributed by atoms with Gasteiger partial charge in [0.1, 0.15) is 11.5 Å². The number of hydrogen-bond donors (Lipinski definition) is 0. The lowest BCUT2D eigenvalue weighted by atomic mass is 9.65. The van der Waals surface area contributed by atoms with Crippen LogP contribution in [0.4, 0.5) is 0 Å². The van der Waals surface area contributed by atoms with E-state index in [1.54, 1.807) is 7.11 Å². The van der Waals surface area contributed by atoms with Gasteiger partial charge in [-0.05, 0) is 70.5 Å². The quantitative estimate of drug-likeness (QED) is 0.208. The fraction of sp³-hybridized carbons (Fsp3) is 0.242. The van der Waals surface area contributed by atoms with Crippen molar-refractivity contribution in [2.45, 2.75) is 44.4 Å². The van der Waals surface area contributed by atoms with Crippen LogP contribution >= 0.6 is 0 Å². The SMILES string of the molecule is COc1ccc(-c2ccc(C3(c4ccc(-c5ccc(OC(C)=O)cc5)cc4)CCCCC3)cc2)cc1. The lowest BCUT2D eigenvalue weighted by Gasteiger charge is -2.39. The number of esters is 1. The van der Waals surface area contributed by atoms with Crippen LogP contribution < -0.4 is 9.47 Å². The third-order valence-corrected chi connectivity index (χ3v) is 7.45. The van der Waals surface area contributed by atoms with E-state index >= 15 is 0 Å². The molecule has 4 aromatic rings. The molecule has 5 rings (SSSR count). The van der Waals surface area contributed by atoms with Gasteiger partial charge in [0.15, 0.2) is 0 Å². The summed E-state index contributed by atoms with van der Waals surface area (Å²) in [5, 5.41) is 0. The molecule has 0 unspecified atom stereocenters. The van der Waals surface area contributed by atoms with Crippen molar-refractivity contribution in [2.24, 2.45) is 0 Å². The zero-order valence-corrected chi connectivity index (χ0v) is 21.0. The molecule has 182 valence electrons. The molecule has 1 aliphatic carbocycles. The molecule has 3 nitrogen and oxygen atoms in total. The highest BCUT2D eigenvalue weighted by atomic mass is 16.5. The summed E-state index contributed by atoms with van der Waals surface area (Å²) in [5.41, 5.74) is 7.53. The van der Waals surface area contributed by atoms with Crippen molar-refractivity contribution in [3.63, 3.8) is 0 Å². The first kappa shape index (κ1) is 23.9. The van der Waals surface area contributed by atoms with E-state index in [0.29, 0.717) is 5.75 Å². The van der Waals surface area contributed by atoms with Gasteiger partial charge in [-0.3, -0.25) is 4.79 Å². The Morgan fingerprint density at radius 2 is 0.972 bits per heavy atom. The number of carbonyl (C=O) groups excluding carboxylic acids is 1. The maximum absolute atomic E-state index is 11.2. The largest absolute Gasteiger partial charge is 0.497 e. The van der Waals surface area contributed by atoms with Crippen molar-refractivity contribution < 1.29 is 14.3 Å². The molecule has 0 N–H and O–H groups in total. The predicted octanol–water partition coefficient (Wildman–Crippen LogP) is 8.20. The van der Waals surface area contributed by atoms with Crippen LogP contribution in [0.15, 0.2) is 97.1 Å². The van der Waals surface area contributed by atoms with E-state index in [0.717, 1.165) is 16.9 Å². The monoisotopic (exact) mass is 476 g/mol. The number of rotatable bonds is 6. The van der Waals surface area contributed by atoms with Crippen LogP contribution in [-0.4, -0.2) is 13.1 Å². The Labute approximate surface area is 213 Å². The molecular formula is C33H32O3. The molecule has 0 atom stereocenters. The van der Waals surface area contributed by atoms with E-state index in [2.05, 4.69) is 60.7 Å². The van der Waals surface area contributed by atoms with Crippen LogP contribution in [0.5, 0.6) is 11.5 Å². The Hall–Kier alpha value is -3.85. The minimum atomic E-state index is -0.304. The molecule has 0 spiro atoms. The van der Waals surface area contributed by atoms with E-state index in [1.807, 2.05) is 36.4 Å². The molecule has 0 aliphatic heterocycles. The number of carbonyl (C=O) groups is 1. The molecule has 1 fully saturated rings. The molecule has 1 aliphatic rings. The van der Waals surface area contributed by atoms with Gasteiger partial charge in [-0.1, -0.05) is 92.1 Å². The minimum absolute atomic E-state index is 0.0500. The smallest absolute Gasteiger partial charge is 0.308 e. The normalized spacial score (nSPS) is 14.7. The molecule has 36 heavy (non-hydrogen) atoms. The number of ether oxygens (including phenoxy) is 2.